The van der Waals surface area contributed by atoms with E-state index in [4.69, 9.17) is 14.2 Å². The Bertz CT molecular complexity index is 1820. The molecule has 6 rings (SSSR count). The van der Waals surface area contributed by atoms with Crippen molar-refractivity contribution in [2.24, 2.45) is 5.92 Å². The molecule has 4 N–H and O–H groups in total. The zero-order valence-corrected chi connectivity index (χ0v) is 29.7. The number of benzene rings is 4. The molecule has 1 aliphatic carbocycles. The summed E-state index contributed by atoms with van der Waals surface area (Å²) < 4.78 is 42.9. The highest BCUT2D eigenvalue weighted by molar-refractivity contribution is 8.22. The zero-order valence-electron chi connectivity index (χ0n) is 28.9. The third kappa shape index (κ3) is 8.16. The number of fused-ring (bicyclic) bond motifs is 1. The van der Waals surface area contributed by atoms with Crippen molar-refractivity contribution in [2.75, 3.05) is 44.1 Å². The Morgan fingerprint density at radius 2 is 1.61 bits per heavy atom. The van der Waals surface area contributed by atoms with Crippen LogP contribution in [0.2, 0.25) is 0 Å². The average Bonchev–Trinajstić information content (AvgIpc) is 3.23. The number of hydrogen-bond acceptors (Lipinski definition) is 9. The van der Waals surface area contributed by atoms with Crippen LogP contribution in [0.15, 0.2) is 95.9 Å². The molecule has 1 fully saturated rings. The number of carboxylic acids is 1. The van der Waals surface area contributed by atoms with Gasteiger partial charge >= 0.3 is 12.1 Å². The number of para-hydroxylation sites is 1. The molecule has 0 aromatic heterocycles. The number of likely N-dealkylation sites (N-methyl/N-ethyl adjacent to an activating group) is 1. The van der Waals surface area contributed by atoms with Crippen LogP contribution in [-0.4, -0.2) is 70.5 Å². The number of carbonyl (C=O) groups excluding carboxylic acids is 1. The van der Waals surface area contributed by atoms with E-state index in [9.17, 15) is 23.8 Å². The molecular formula is C39H45N3O8S. The Labute approximate surface area is 300 Å². The van der Waals surface area contributed by atoms with Crippen LogP contribution in [0.3, 0.4) is 0 Å². The molecule has 0 radical (unpaired) electrons. The predicted molar refractivity (Wildman–Crippen MR) is 199 cm³/mol. The van der Waals surface area contributed by atoms with Crippen LogP contribution in [0.25, 0.3) is 11.1 Å². The predicted octanol–water partition coefficient (Wildman–Crippen LogP) is 8.88. The number of aromatic carboxylic acids is 1. The van der Waals surface area contributed by atoms with Crippen molar-refractivity contribution in [1.82, 2.24) is 4.31 Å². The first-order valence-electron chi connectivity index (χ1n) is 17.2. The van der Waals surface area contributed by atoms with E-state index in [2.05, 4.69) is 10.2 Å². The fourth-order valence-corrected chi connectivity index (χ4v) is 8.64. The number of ether oxygens (including phenoxy) is 3. The summed E-state index contributed by atoms with van der Waals surface area (Å²) in [5, 5.41) is 12.8. The maximum atomic E-state index is 12.7. The standard InChI is InChI=1S/C39H45N3O8S/c1-41-35(28-14-8-4-9-15-28)25-42(30-16-10-5-11-17-30)34-24-36(49-21-20-48-2)31(23-37(34)51(41,46)47)29-18-19-33(32(22-29)38(43)44)40-39(45)50-26-27-12-6-3-7-13-27/h3,5-7,10-13,16-19,22-24,28,35,46-47H,4,8-9,14-15,20-21,25-26H2,1-2H3,(H,40,45)(H,43,44). The van der Waals surface area contributed by atoms with Gasteiger partial charge in [0, 0.05) is 44.1 Å². The van der Waals surface area contributed by atoms with Crippen LogP contribution < -0.4 is 15.0 Å². The van der Waals surface area contributed by atoms with Crippen LogP contribution in [-0.2, 0) is 16.1 Å². The van der Waals surface area contributed by atoms with Gasteiger partial charge in [-0.25, -0.2) is 9.59 Å². The molecule has 270 valence electrons. The molecule has 0 saturated heterocycles. The minimum absolute atomic E-state index is 0.0207. The van der Waals surface area contributed by atoms with E-state index in [1.807, 2.05) is 66.7 Å². The fraction of sp³-hybridized carbons (Fsp3) is 0.333. The van der Waals surface area contributed by atoms with Gasteiger partial charge in [0.1, 0.15) is 19.0 Å². The number of methoxy groups -OCH3 is 1. The molecule has 0 spiro atoms. The second-order valence-electron chi connectivity index (χ2n) is 12.9. The third-order valence-electron chi connectivity index (χ3n) is 9.70. The number of carboxylic acid groups (broad SMARTS) is 1. The molecule has 11 nitrogen and oxygen atoms in total. The zero-order chi connectivity index (χ0) is 36.0. The Hall–Kier alpha value is -4.59. The molecule has 51 heavy (non-hydrogen) atoms. The number of rotatable bonds is 11. The first kappa shape index (κ1) is 36.2. The number of hydrogen-bond donors (Lipinski definition) is 4. The van der Waals surface area contributed by atoms with E-state index < -0.39 is 22.8 Å². The van der Waals surface area contributed by atoms with Gasteiger partial charge in [0.15, 0.2) is 0 Å². The lowest BCUT2D eigenvalue weighted by atomic mass is 9.83. The van der Waals surface area contributed by atoms with E-state index in [-0.39, 0.29) is 36.4 Å². The number of anilines is 3. The quantitative estimate of drug-likeness (QED) is 0.111. The summed E-state index contributed by atoms with van der Waals surface area (Å²) in [6, 6.07) is 27.0. The van der Waals surface area contributed by atoms with Gasteiger partial charge in [0.05, 0.1) is 28.4 Å². The maximum absolute atomic E-state index is 12.7. The van der Waals surface area contributed by atoms with E-state index in [0.29, 0.717) is 40.6 Å². The molecule has 1 amide bonds. The third-order valence-corrected chi connectivity index (χ3v) is 11.7. The van der Waals surface area contributed by atoms with Crippen molar-refractivity contribution < 1.29 is 38.0 Å². The monoisotopic (exact) mass is 715 g/mol. The van der Waals surface area contributed by atoms with Crippen molar-refractivity contribution in [3.05, 3.63) is 102 Å². The molecule has 1 atom stereocenters. The van der Waals surface area contributed by atoms with Gasteiger partial charge in [-0.05, 0) is 60.2 Å². The van der Waals surface area contributed by atoms with E-state index in [0.717, 1.165) is 36.9 Å². The van der Waals surface area contributed by atoms with Crippen molar-refractivity contribution >= 4 is 39.9 Å². The lowest BCUT2D eigenvalue weighted by Crippen LogP contribution is -2.45. The molecule has 1 unspecified atom stereocenters. The summed E-state index contributed by atoms with van der Waals surface area (Å²) in [7, 11) is -0.166. The summed E-state index contributed by atoms with van der Waals surface area (Å²) in [6.45, 7) is 1.06. The van der Waals surface area contributed by atoms with Gasteiger partial charge in [-0.15, -0.1) is 10.8 Å². The molecule has 2 aliphatic rings. The maximum Gasteiger partial charge on any atom is 0.411 e. The molecule has 1 heterocycles. The SMILES string of the molecule is COCCOc1cc2c(cc1-c1ccc(NC(=O)OCc3ccccc3)c(C(=O)O)c1)S(O)(O)N(C)C(C1CCCCC1)CN2c1ccccc1. The summed E-state index contributed by atoms with van der Waals surface area (Å²) in [5.41, 5.74) is 3.08. The smallest absolute Gasteiger partial charge is 0.411 e. The van der Waals surface area contributed by atoms with E-state index in [1.165, 1.54) is 18.6 Å². The second-order valence-corrected chi connectivity index (χ2v) is 14.9. The molecule has 1 saturated carbocycles. The van der Waals surface area contributed by atoms with Gasteiger partial charge in [0.2, 0.25) is 0 Å². The van der Waals surface area contributed by atoms with Gasteiger partial charge in [-0.1, -0.05) is 73.9 Å². The number of carbonyl (C=O) groups is 2. The Morgan fingerprint density at radius 1 is 0.902 bits per heavy atom. The van der Waals surface area contributed by atoms with Crippen molar-refractivity contribution in [2.45, 2.75) is 49.6 Å². The number of amides is 1. The normalized spacial score (nSPS) is 18.3. The summed E-state index contributed by atoms with van der Waals surface area (Å²) >= 11 is 0. The second kappa shape index (κ2) is 16.2. The molecule has 12 heteroatoms. The molecule has 4 aromatic rings. The fourth-order valence-electron chi connectivity index (χ4n) is 6.99. The first-order valence-corrected chi connectivity index (χ1v) is 18.7. The van der Waals surface area contributed by atoms with Gasteiger partial charge < -0.3 is 24.2 Å². The molecule has 0 bridgehead atoms. The van der Waals surface area contributed by atoms with Gasteiger partial charge in [-0.2, -0.15) is 4.31 Å². The lowest BCUT2D eigenvalue weighted by molar-refractivity contribution is 0.0698. The topological polar surface area (TPSA) is 141 Å². The Kier molecular flexibility index (Phi) is 11.5. The largest absolute Gasteiger partial charge is 0.490 e. The van der Waals surface area contributed by atoms with Crippen LogP contribution in [0.5, 0.6) is 5.75 Å². The Morgan fingerprint density at radius 3 is 2.29 bits per heavy atom. The summed E-state index contributed by atoms with van der Waals surface area (Å²) in [6.07, 6.45) is 4.62. The van der Waals surface area contributed by atoms with E-state index >= 15 is 0 Å². The van der Waals surface area contributed by atoms with Crippen LogP contribution in [0, 0.1) is 5.92 Å². The number of nitrogens with zero attached hydrogens (tertiary/aromatic N) is 2. The lowest BCUT2D eigenvalue weighted by Gasteiger charge is -2.46. The van der Waals surface area contributed by atoms with Crippen molar-refractivity contribution in [3.8, 4) is 16.9 Å². The first-order chi connectivity index (χ1) is 24.7. The van der Waals surface area contributed by atoms with Crippen molar-refractivity contribution in [3.63, 3.8) is 0 Å². The highest BCUT2D eigenvalue weighted by Gasteiger charge is 2.41. The summed E-state index contributed by atoms with van der Waals surface area (Å²) in [5.74, 6) is -0.564. The van der Waals surface area contributed by atoms with Gasteiger partial charge in [-0.3, -0.25) is 14.4 Å². The van der Waals surface area contributed by atoms with Crippen LogP contribution in [0.4, 0.5) is 21.9 Å². The van der Waals surface area contributed by atoms with E-state index in [1.54, 1.807) is 30.6 Å². The highest BCUT2D eigenvalue weighted by atomic mass is 32.3. The van der Waals surface area contributed by atoms with Crippen molar-refractivity contribution in [1.29, 1.82) is 0 Å². The highest BCUT2D eigenvalue weighted by Crippen LogP contribution is 2.61. The Balaban J connectivity index is 1.43. The molecular weight excluding hydrogens is 671 g/mol. The average molecular weight is 716 g/mol. The van der Waals surface area contributed by atoms with Crippen LogP contribution >= 0.6 is 10.8 Å². The minimum Gasteiger partial charge on any atom is -0.490 e. The minimum atomic E-state index is -3.53. The van der Waals surface area contributed by atoms with Crippen LogP contribution in [0.1, 0.15) is 48.0 Å². The molecule has 1 aliphatic heterocycles. The molecule has 4 aromatic carbocycles. The number of nitrogens with one attached hydrogen (secondary N) is 1. The van der Waals surface area contributed by atoms with Gasteiger partial charge in [0.25, 0.3) is 0 Å². The summed E-state index contributed by atoms with van der Waals surface area (Å²) in [4.78, 5) is 27.7.